The number of pyridine rings is 1. The topological polar surface area (TPSA) is 54.5 Å². The molecule has 1 atom stereocenters. The van der Waals surface area contributed by atoms with Crippen molar-refractivity contribution in [1.82, 2.24) is 9.88 Å². The molecule has 1 saturated carbocycles. The zero-order chi connectivity index (χ0) is 17.8. The van der Waals surface area contributed by atoms with Crippen molar-refractivity contribution in [3.05, 3.63) is 59.8 Å². The van der Waals surface area contributed by atoms with Crippen LogP contribution in [0.5, 0.6) is 0 Å². The highest BCUT2D eigenvalue weighted by Gasteiger charge is 2.29. The third-order valence-corrected chi connectivity index (χ3v) is 5.04. The second-order valence-electron chi connectivity index (χ2n) is 7.14. The number of hydrogen-bond acceptors (Lipinski definition) is 4. The van der Waals surface area contributed by atoms with Gasteiger partial charge >= 0.3 is 6.09 Å². The average molecular weight is 351 g/mol. The van der Waals surface area contributed by atoms with Crippen LogP contribution < -0.4 is 5.32 Å². The molecule has 1 aromatic heterocycles. The standard InChI is InChI=1S/C21H25N3O2/c25-21(26-15-16-6-2-1-3-7-16)24-13-5-4-8-19(24)17-9-12-20(22-14-17)23-18-10-11-18/h1-3,6-7,9,12,14,18-19H,4-5,8,10-11,13,15H2,(H,22,23). The number of benzene rings is 1. The molecule has 2 aliphatic rings. The highest BCUT2D eigenvalue weighted by atomic mass is 16.6. The number of amides is 1. The number of carbonyl (C=O) groups is 1. The molecule has 136 valence electrons. The van der Waals surface area contributed by atoms with E-state index in [0.717, 1.165) is 42.8 Å². The van der Waals surface area contributed by atoms with E-state index in [-0.39, 0.29) is 12.1 Å². The van der Waals surface area contributed by atoms with E-state index < -0.39 is 0 Å². The molecule has 1 N–H and O–H groups in total. The molecule has 2 aromatic rings. The largest absolute Gasteiger partial charge is 0.445 e. The summed E-state index contributed by atoms with van der Waals surface area (Å²) in [6.45, 7) is 1.05. The van der Waals surface area contributed by atoms with Crippen molar-refractivity contribution < 1.29 is 9.53 Å². The summed E-state index contributed by atoms with van der Waals surface area (Å²) in [4.78, 5) is 19.0. The van der Waals surface area contributed by atoms with Gasteiger partial charge in [-0.2, -0.15) is 0 Å². The van der Waals surface area contributed by atoms with Gasteiger partial charge in [0.2, 0.25) is 0 Å². The van der Waals surface area contributed by atoms with Crippen LogP contribution in [0.4, 0.5) is 10.6 Å². The fraction of sp³-hybridized carbons (Fsp3) is 0.429. The Labute approximate surface area is 154 Å². The number of aromatic nitrogens is 1. The van der Waals surface area contributed by atoms with Crippen LogP contribution >= 0.6 is 0 Å². The van der Waals surface area contributed by atoms with E-state index in [1.807, 2.05) is 47.5 Å². The molecule has 5 heteroatoms. The minimum atomic E-state index is -0.237. The molecule has 1 saturated heterocycles. The predicted octanol–water partition coefficient (Wildman–Crippen LogP) is 4.52. The number of rotatable bonds is 5. The minimum absolute atomic E-state index is 0.0505. The number of nitrogens with one attached hydrogen (secondary N) is 1. The predicted molar refractivity (Wildman–Crippen MR) is 101 cm³/mol. The maximum absolute atomic E-state index is 12.6. The van der Waals surface area contributed by atoms with E-state index in [9.17, 15) is 4.79 Å². The molecule has 2 fully saturated rings. The molecule has 1 unspecified atom stereocenters. The van der Waals surface area contributed by atoms with Gasteiger partial charge in [-0.15, -0.1) is 0 Å². The van der Waals surface area contributed by atoms with Gasteiger partial charge in [0.25, 0.3) is 0 Å². The van der Waals surface area contributed by atoms with E-state index >= 15 is 0 Å². The lowest BCUT2D eigenvalue weighted by Crippen LogP contribution is -2.38. The first-order chi connectivity index (χ1) is 12.8. The summed E-state index contributed by atoms with van der Waals surface area (Å²) >= 11 is 0. The normalized spacial score (nSPS) is 19.8. The highest BCUT2D eigenvalue weighted by Crippen LogP contribution is 2.32. The van der Waals surface area contributed by atoms with Crippen molar-refractivity contribution in [1.29, 1.82) is 0 Å². The first-order valence-electron chi connectivity index (χ1n) is 9.49. The zero-order valence-corrected chi connectivity index (χ0v) is 14.9. The van der Waals surface area contributed by atoms with Crippen molar-refractivity contribution in [3.63, 3.8) is 0 Å². The van der Waals surface area contributed by atoms with E-state index in [4.69, 9.17) is 4.74 Å². The van der Waals surface area contributed by atoms with Crippen molar-refractivity contribution >= 4 is 11.9 Å². The number of piperidine rings is 1. The number of carbonyl (C=O) groups excluding carboxylic acids is 1. The third kappa shape index (κ3) is 4.15. The Hall–Kier alpha value is -2.56. The quantitative estimate of drug-likeness (QED) is 0.860. The maximum atomic E-state index is 12.6. The average Bonchev–Trinajstić information content (AvgIpc) is 3.52. The Morgan fingerprint density at radius 2 is 1.96 bits per heavy atom. The number of anilines is 1. The molecule has 1 amide bonds. The van der Waals surface area contributed by atoms with Gasteiger partial charge in [-0.1, -0.05) is 36.4 Å². The van der Waals surface area contributed by atoms with Crippen LogP contribution in [-0.4, -0.2) is 28.6 Å². The summed E-state index contributed by atoms with van der Waals surface area (Å²) in [7, 11) is 0. The Morgan fingerprint density at radius 1 is 1.12 bits per heavy atom. The molecule has 0 spiro atoms. The van der Waals surface area contributed by atoms with E-state index in [2.05, 4.69) is 16.4 Å². The zero-order valence-electron chi connectivity index (χ0n) is 14.9. The summed E-state index contributed by atoms with van der Waals surface area (Å²) in [6.07, 6.45) is 7.22. The van der Waals surface area contributed by atoms with Crippen LogP contribution in [-0.2, 0) is 11.3 Å². The van der Waals surface area contributed by atoms with E-state index in [1.54, 1.807) is 0 Å². The van der Waals surface area contributed by atoms with Gasteiger partial charge in [-0.05, 0) is 49.3 Å². The molecule has 26 heavy (non-hydrogen) atoms. The first-order valence-corrected chi connectivity index (χ1v) is 9.49. The lowest BCUT2D eigenvalue weighted by molar-refractivity contribution is 0.0678. The van der Waals surface area contributed by atoms with Crippen LogP contribution in [0.2, 0.25) is 0 Å². The Bertz CT molecular complexity index is 729. The van der Waals surface area contributed by atoms with Crippen molar-refractivity contribution in [2.75, 3.05) is 11.9 Å². The molecule has 2 heterocycles. The SMILES string of the molecule is O=C(OCc1ccccc1)N1CCCCC1c1ccc(NC2CC2)nc1. The van der Waals surface area contributed by atoms with Crippen molar-refractivity contribution in [2.24, 2.45) is 0 Å². The third-order valence-electron chi connectivity index (χ3n) is 5.04. The van der Waals surface area contributed by atoms with Gasteiger partial charge in [0.1, 0.15) is 12.4 Å². The van der Waals surface area contributed by atoms with E-state index in [1.165, 1.54) is 12.8 Å². The Kier molecular flexibility index (Phi) is 5.04. The highest BCUT2D eigenvalue weighted by molar-refractivity contribution is 5.68. The van der Waals surface area contributed by atoms with Crippen molar-refractivity contribution in [3.8, 4) is 0 Å². The van der Waals surface area contributed by atoms with Crippen LogP contribution in [0.15, 0.2) is 48.7 Å². The van der Waals surface area contributed by atoms with Gasteiger partial charge in [-0.25, -0.2) is 9.78 Å². The summed E-state index contributed by atoms with van der Waals surface area (Å²) in [5.41, 5.74) is 2.09. The molecule has 4 rings (SSSR count). The van der Waals surface area contributed by atoms with Crippen LogP contribution in [0.1, 0.15) is 49.3 Å². The monoisotopic (exact) mass is 351 g/mol. The maximum Gasteiger partial charge on any atom is 0.410 e. The van der Waals surface area contributed by atoms with Gasteiger partial charge in [-0.3, -0.25) is 0 Å². The number of likely N-dealkylation sites (tertiary alicyclic amines) is 1. The second-order valence-corrected chi connectivity index (χ2v) is 7.14. The number of ether oxygens (including phenoxy) is 1. The first kappa shape index (κ1) is 16.9. The van der Waals surface area contributed by atoms with Gasteiger partial charge in [0.15, 0.2) is 0 Å². The van der Waals surface area contributed by atoms with E-state index in [0.29, 0.717) is 12.6 Å². The smallest absolute Gasteiger partial charge is 0.410 e. The lowest BCUT2D eigenvalue weighted by Gasteiger charge is -2.35. The summed E-state index contributed by atoms with van der Waals surface area (Å²) in [5, 5.41) is 3.40. The molecule has 0 radical (unpaired) electrons. The summed E-state index contributed by atoms with van der Waals surface area (Å²) in [6, 6.07) is 14.6. The number of hydrogen-bond donors (Lipinski definition) is 1. The fourth-order valence-corrected chi connectivity index (χ4v) is 3.42. The molecule has 1 aliphatic carbocycles. The molecule has 1 aromatic carbocycles. The lowest BCUT2D eigenvalue weighted by atomic mass is 9.97. The second kappa shape index (κ2) is 7.77. The number of nitrogens with zero attached hydrogens (tertiary/aromatic N) is 2. The van der Waals surface area contributed by atoms with Crippen molar-refractivity contribution in [2.45, 2.75) is 50.8 Å². The van der Waals surface area contributed by atoms with Gasteiger partial charge < -0.3 is 15.0 Å². The summed E-state index contributed by atoms with van der Waals surface area (Å²) < 4.78 is 5.56. The minimum Gasteiger partial charge on any atom is -0.445 e. The molecule has 5 nitrogen and oxygen atoms in total. The summed E-state index contributed by atoms with van der Waals surface area (Å²) in [5.74, 6) is 0.922. The molecule has 1 aliphatic heterocycles. The van der Waals surface area contributed by atoms with Crippen LogP contribution in [0.25, 0.3) is 0 Å². The fourth-order valence-electron chi connectivity index (χ4n) is 3.42. The molecular weight excluding hydrogens is 326 g/mol. The molecular formula is C21H25N3O2. The van der Waals surface area contributed by atoms with Crippen LogP contribution in [0.3, 0.4) is 0 Å². The molecule has 0 bridgehead atoms. The Balaban J connectivity index is 1.41. The van der Waals surface area contributed by atoms with Crippen LogP contribution in [0, 0.1) is 0 Å². The Morgan fingerprint density at radius 3 is 2.69 bits per heavy atom. The van der Waals surface area contributed by atoms with Gasteiger partial charge in [0.05, 0.1) is 6.04 Å². The van der Waals surface area contributed by atoms with Gasteiger partial charge in [0, 0.05) is 18.8 Å².